The first kappa shape index (κ1) is 33.4. The van der Waals surface area contributed by atoms with Gasteiger partial charge in [-0.25, -0.2) is 9.59 Å². The van der Waals surface area contributed by atoms with E-state index in [9.17, 15) is 14.4 Å². The maximum atomic E-state index is 11.9. The molecule has 0 aromatic heterocycles. The Bertz CT molecular complexity index is 784. The lowest BCUT2D eigenvalue weighted by molar-refractivity contribution is -0.109. The van der Waals surface area contributed by atoms with E-state index in [4.69, 9.17) is 14.2 Å². The second-order valence-electron chi connectivity index (χ2n) is 14.4. The third kappa shape index (κ3) is 11.6. The fourth-order valence-corrected chi connectivity index (χ4v) is 6.17. The fraction of sp³-hybridized carbons (Fsp3) is 0.848. The zero-order chi connectivity index (χ0) is 30.2. The summed E-state index contributed by atoms with van der Waals surface area (Å²) in [6.45, 7) is 20.5. The zero-order valence-corrected chi connectivity index (χ0v) is 26.6. The van der Waals surface area contributed by atoms with Crippen molar-refractivity contribution in [1.29, 1.82) is 0 Å². The number of hydrogen-bond donors (Lipinski definition) is 0. The van der Waals surface area contributed by atoms with Crippen LogP contribution in [0.3, 0.4) is 0 Å². The third-order valence-corrected chi connectivity index (χ3v) is 8.68. The quantitative estimate of drug-likeness (QED) is 0.273. The van der Waals surface area contributed by atoms with E-state index in [0.717, 1.165) is 95.5 Å². The van der Waals surface area contributed by atoms with Gasteiger partial charge in [0.15, 0.2) is 0 Å². The van der Waals surface area contributed by atoms with Crippen molar-refractivity contribution in [2.45, 2.75) is 104 Å². The van der Waals surface area contributed by atoms with Gasteiger partial charge in [0.25, 0.3) is 0 Å². The number of nitrogens with zero attached hydrogens (tertiary/aromatic N) is 2. The Morgan fingerprint density at radius 2 is 1.12 bits per heavy atom. The number of rotatable bonds is 4. The van der Waals surface area contributed by atoms with E-state index in [1.807, 2.05) is 46.4 Å². The van der Waals surface area contributed by atoms with Gasteiger partial charge in [0.1, 0.15) is 17.5 Å². The molecule has 5 aliphatic rings. The van der Waals surface area contributed by atoms with Gasteiger partial charge in [-0.3, -0.25) is 0 Å². The highest BCUT2D eigenvalue weighted by molar-refractivity contribution is 5.68. The van der Waals surface area contributed by atoms with Crippen LogP contribution in [0.4, 0.5) is 9.59 Å². The molecule has 0 aromatic carbocycles. The lowest BCUT2D eigenvalue weighted by Crippen LogP contribution is -2.42. The number of carbonyl (C=O) groups is 3. The normalized spacial score (nSPS) is 28.3. The molecule has 8 nitrogen and oxygen atoms in total. The van der Waals surface area contributed by atoms with E-state index in [2.05, 4.69) is 12.7 Å². The van der Waals surface area contributed by atoms with Gasteiger partial charge in [0, 0.05) is 45.3 Å². The number of hydrogen-bond acceptors (Lipinski definition) is 6. The molecule has 8 heteroatoms. The third-order valence-electron chi connectivity index (χ3n) is 8.68. The van der Waals surface area contributed by atoms with Crippen molar-refractivity contribution >= 4 is 18.5 Å². The number of piperidine rings is 2. The van der Waals surface area contributed by atoms with Gasteiger partial charge in [-0.2, -0.15) is 0 Å². The summed E-state index contributed by atoms with van der Waals surface area (Å²) in [5, 5.41) is 0. The molecule has 3 saturated heterocycles. The van der Waals surface area contributed by atoms with Crippen LogP contribution in [0.2, 0.25) is 0 Å². The van der Waals surface area contributed by atoms with Crippen molar-refractivity contribution in [1.82, 2.24) is 9.80 Å². The molecule has 4 atom stereocenters. The summed E-state index contributed by atoms with van der Waals surface area (Å²) in [6.07, 6.45) is 12.0. The Balaban J connectivity index is 0.000000193. The monoisotopic (exact) mass is 576 g/mol. The first-order valence-corrected chi connectivity index (χ1v) is 15.9. The number of aldehydes is 1. The summed E-state index contributed by atoms with van der Waals surface area (Å²) >= 11 is 0. The summed E-state index contributed by atoms with van der Waals surface area (Å²) in [6, 6.07) is 0. The number of allylic oxidation sites excluding steroid dienone is 1. The lowest BCUT2D eigenvalue weighted by Gasteiger charge is -2.33. The molecule has 0 spiro atoms. The van der Waals surface area contributed by atoms with E-state index in [-0.39, 0.29) is 12.2 Å². The molecule has 4 unspecified atom stereocenters. The van der Waals surface area contributed by atoms with Gasteiger partial charge in [-0.15, -0.1) is 6.58 Å². The van der Waals surface area contributed by atoms with E-state index in [0.29, 0.717) is 17.8 Å². The Kier molecular flexibility index (Phi) is 12.1. The Morgan fingerprint density at radius 3 is 1.39 bits per heavy atom. The van der Waals surface area contributed by atoms with E-state index in [1.165, 1.54) is 19.3 Å². The average molecular weight is 577 g/mol. The van der Waals surface area contributed by atoms with Crippen molar-refractivity contribution in [3.8, 4) is 0 Å². The fourth-order valence-electron chi connectivity index (χ4n) is 6.17. The predicted molar refractivity (Wildman–Crippen MR) is 161 cm³/mol. The molecule has 2 amide bonds. The van der Waals surface area contributed by atoms with Crippen LogP contribution in [-0.4, -0.2) is 78.9 Å². The predicted octanol–water partition coefficient (Wildman–Crippen LogP) is 6.72. The molecule has 234 valence electrons. The molecule has 0 bridgehead atoms. The molecule has 41 heavy (non-hydrogen) atoms. The molecule has 5 rings (SSSR count). The Morgan fingerprint density at radius 1 is 0.732 bits per heavy atom. The summed E-state index contributed by atoms with van der Waals surface area (Å²) < 4.78 is 15.7. The standard InChI is InChI=1S/C15H25NO2.C14H23NO3.C4H8O/c1-5-11-10-13(11)12-6-8-16(9-7-12)14(17)18-15(2,3)4;1-14(2,3)18-13(17)15-6-4-10(5-7-15)12-8-11(12)9-16;1-2-4-5-3-1/h5,11-13H,1,6-10H2,2-4H3;9-12H,4-8H2,1-3H3;1-4H2. The molecule has 5 fully saturated rings. The van der Waals surface area contributed by atoms with Gasteiger partial charge in [0.2, 0.25) is 0 Å². The van der Waals surface area contributed by atoms with E-state index in [1.54, 1.807) is 4.90 Å². The van der Waals surface area contributed by atoms with Gasteiger partial charge >= 0.3 is 12.2 Å². The van der Waals surface area contributed by atoms with Crippen LogP contribution in [0.5, 0.6) is 0 Å². The summed E-state index contributed by atoms with van der Waals surface area (Å²) in [5.41, 5.74) is -0.814. The summed E-state index contributed by atoms with van der Waals surface area (Å²) in [7, 11) is 0. The van der Waals surface area contributed by atoms with Crippen LogP contribution in [0.25, 0.3) is 0 Å². The number of ether oxygens (including phenoxy) is 3. The van der Waals surface area contributed by atoms with Crippen LogP contribution in [0.1, 0.15) is 92.9 Å². The number of amides is 2. The van der Waals surface area contributed by atoms with E-state index >= 15 is 0 Å². The van der Waals surface area contributed by atoms with Crippen LogP contribution in [0, 0.1) is 35.5 Å². The Hall–Kier alpha value is -2.09. The molecular weight excluding hydrogens is 520 g/mol. The van der Waals surface area contributed by atoms with Crippen LogP contribution in [-0.2, 0) is 19.0 Å². The first-order valence-electron chi connectivity index (χ1n) is 15.9. The first-order chi connectivity index (χ1) is 19.3. The van der Waals surface area contributed by atoms with Crippen molar-refractivity contribution in [3.63, 3.8) is 0 Å². The molecule has 2 saturated carbocycles. The second-order valence-corrected chi connectivity index (χ2v) is 14.4. The molecule has 2 aliphatic carbocycles. The maximum absolute atomic E-state index is 11.9. The highest BCUT2D eigenvalue weighted by Crippen LogP contribution is 2.48. The smallest absolute Gasteiger partial charge is 0.410 e. The highest BCUT2D eigenvalue weighted by Gasteiger charge is 2.44. The second kappa shape index (κ2) is 14.9. The zero-order valence-electron chi connectivity index (χ0n) is 26.6. The SMILES string of the molecule is C1CCOC1.C=CC1CC1C1CCN(C(=O)OC(C)(C)C)CC1.CC(C)(C)OC(=O)N1CCC(C2CC2C=O)CC1. The largest absolute Gasteiger partial charge is 0.444 e. The molecule has 3 heterocycles. The van der Waals surface area contributed by atoms with Crippen LogP contribution in [0.15, 0.2) is 12.7 Å². The van der Waals surface area contributed by atoms with Gasteiger partial charge < -0.3 is 28.8 Å². The van der Waals surface area contributed by atoms with Gasteiger partial charge in [-0.05, 0) is 122 Å². The molecule has 0 aromatic rings. The molecular formula is C33H56N2O6. The number of carbonyl (C=O) groups excluding carboxylic acids is 3. The minimum atomic E-state index is -0.424. The number of likely N-dealkylation sites (tertiary alicyclic amines) is 2. The van der Waals surface area contributed by atoms with Crippen molar-refractivity contribution < 1.29 is 28.6 Å². The van der Waals surface area contributed by atoms with Gasteiger partial charge in [0.05, 0.1) is 0 Å². The molecule has 0 radical (unpaired) electrons. The van der Waals surface area contributed by atoms with Gasteiger partial charge in [-0.1, -0.05) is 6.08 Å². The summed E-state index contributed by atoms with van der Waals surface area (Å²) in [5.74, 6) is 3.86. The molecule has 3 aliphatic heterocycles. The van der Waals surface area contributed by atoms with Crippen molar-refractivity contribution in [2.75, 3.05) is 39.4 Å². The highest BCUT2D eigenvalue weighted by atomic mass is 16.6. The average Bonchev–Trinajstić information content (AvgIpc) is 3.82. The minimum absolute atomic E-state index is 0.156. The lowest BCUT2D eigenvalue weighted by atomic mass is 9.91. The van der Waals surface area contributed by atoms with Crippen LogP contribution >= 0.6 is 0 Å². The topological polar surface area (TPSA) is 85.4 Å². The van der Waals surface area contributed by atoms with Crippen molar-refractivity contribution in [2.24, 2.45) is 35.5 Å². The minimum Gasteiger partial charge on any atom is -0.444 e. The van der Waals surface area contributed by atoms with Crippen molar-refractivity contribution in [3.05, 3.63) is 12.7 Å². The maximum Gasteiger partial charge on any atom is 0.410 e. The van der Waals surface area contributed by atoms with Crippen LogP contribution < -0.4 is 0 Å². The Labute approximate surface area is 248 Å². The molecule has 0 N–H and O–H groups in total. The summed E-state index contributed by atoms with van der Waals surface area (Å²) in [4.78, 5) is 38.1. The van der Waals surface area contributed by atoms with E-state index < -0.39 is 11.2 Å².